The lowest BCUT2D eigenvalue weighted by molar-refractivity contribution is -0.141. The molecule has 1 aliphatic heterocycles. The van der Waals surface area contributed by atoms with E-state index in [1.54, 1.807) is 28.7 Å². The smallest absolute Gasteiger partial charge is 0.268 e. The molecule has 4 atom stereocenters. The zero-order valence-corrected chi connectivity index (χ0v) is 19.1. The van der Waals surface area contributed by atoms with Gasteiger partial charge in [-0.25, -0.2) is 0 Å². The highest BCUT2D eigenvalue weighted by molar-refractivity contribution is 7.41. The van der Waals surface area contributed by atoms with Crippen LogP contribution in [0.3, 0.4) is 0 Å². The van der Waals surface area contributed by atoms with Gasteiger partial charge in [0.1, 0.15) is 5.69 Å². The van der Waals surface area contributed by atoms with E-state index >= 15 is 0 Å². The normalized spacial score (nSPS) is 20.4. The molecule has 5 rings (SSSR count). The van der Waals surface area contributed by atoms with Crippen LogP contribution in [0, 0.1) is 0 Å². The van der Waals surface area contributed by atoms with Gasteiger partial charge < -0.3 is 30.5 Å². The number of rotatable bonds is 6. The van der Waals surface area contributed by atoms with Gasteiger partial charge in [0.15, 0.2) is 6.10 Å². The van der Waals surface area contributed by atoms with Gasteiger partial charge in [-0.1, -0.05) is 30.3 Å². The summed E-state index contributed by atoms with van der Waals surface area (Å²) < 4.78 is 2.15. The molecule has 0 aliphatic carbocycles. The van der Waals surface area contributed by atoms with E-state index in [4.69, 9.17) is 0 Å². The average Bonchev–Trinajstić information content (AvgIpc) is 3.56. The second-order valence-electron chi connectivity index (χ2n) is 8.24. The third-order valence-corrected chi connectivity index (χ3v) is 8.14. The van der Waals surface area contributed by atoms with Crippen LogP contribution in [0.4, 0.5) is 0 Å². The molecule has 1 aromatic carbocycles. The minimum atomic E-state index is -1.54. The first-order valence-electron chi connectivity index (χ1n) is 10.6. The number of nitrogens with one attached hydrogen (secondary N) is 2. The first kappa shape index (κ1) is 22.1. The predicted molar refractivity (Wildman–Crippen MR) is 128 cm³/mol. The summed E-state index contributed by atoms with van der Waals surface area (Å²) >= 11 is 3.26. The molecule has 1 aliphatic rings. The Bertz CT molecular complexity index is 1290. The zero-order chi connectivity index (χ0) is 23.1. The van der Waals surface area contributed by atoms with Crippen LogP contribution in [0.15, 0.2) is 47.8 Å². The standard InChI is InChI=1S/C23H23N3O5S2/c27-16-10-26(11-17(16)28)22(31)20(29)14(8-12-4-2-1-3-5-12)25-21(30)15-9-18-19(24-15)13-6-7-32-23(13)33-18/h1-7,9,14,16-17,20,24,27-29H,8,10-11H2,(H,25,30)/t14-,16-,17+,20+/m0/s1. The lowest BCUT2D eigenvalue weighted by Gasteiger charge is -2.27. The van der Waals surface area contributed by atoms with Gasteiger partial charge in [-0.2, -0.15) is 0 Å². The molecule has 0 saturated carbocycles. The Hall–Kier alpha value is -2.76. The highest BCUT2D eigenvalue weighted by Gasteiger charge is 2.38. The van der Waals surface area contributed by atoms with Crippen LogP contribution < -0.4 is 5.32 Å². The van der Waals surface area contributed by atoms with Gasteiger partial charge in [0.05, 0.1) is 32.5 Å². The van der Waals surface area contributed by atoms with Gasteiger partial charge in [-0.15, -0.1) is 22.7 Å². The number of β-amino-alcohol motifs (C(OH)–C–C–N with tert-alkyl or cyclic N) is 2. The first-order chi connectivity index (χ1) is 15.9. The molecule has 0 radical (unpaired) electrons. The Morgan fingerprint density at radius 3 is 2.61 bits per heavy atom. The highest BCUT2D eigenvalue weighted by Crippen LogP contribution is 2.37. The summed E-state index contributed by atoms with van der Waals surface area (Å²) in [5.74, 6) is -1.06. The predicted octanol–water partition coefficient (Wildman–Crippen LogP) is 1.71. The van der Waals surface area contributed by atoms with Crippen molar-refractivity contribution < 1.29 is 24.9 Å². The molecule has 0 bridgehead atoms. The average molecular weight is 486 g/mol. The van der Waals surface area contributed by atoms with Crippen LogP contribution in [0.2, 0.25) is 0 Å². The van der Waals surface area contributed by atoms with Crippen molar-refractivity contribution in [3.8, 4) is 0 Å². The van der Waals surface area contributed by atoms with E-state index in [1.165, 1.54) is 8.91 Å². The molecule has 172 valence electrons. The van der Waals surface area contributed by atoms with Crippen molar-refractivity contribution in [3.63, 3.8) is 0 Å². The number of benzene rings is 1. The van der Waals surface area contributed by atoms with Crippen molar-refractivity contribution in [2.75, 3.05) is 13.1 Å². The number of fused-ring (bicyclic) bond motifs is 3. The van der Waals surface area contributed by atoms with Crippen molar-refractivity contribution in [2.24, 2.45) is 0 Å². The van der Waals surface area contributed by atoms with Gasteiger partial charge in [-0.05, 0) is 29.5 Å². The Morgan fingerprint density at radius 2 is 1.88 bits per heavy atom. The topological polar surface area (TPSA) is 126 Å². The molecule has 1 fully saturated rings. The zero-order valence-electron chi connectivity index (χ0n) is 17.5. The van der Waals surface area contributed by atoms with Gasteiger partial charge in [-0.3, -0.25) is 9.59 Å². The van der Waals surface area contributed by atoms with Crippen molar-refractivity contribution in [1.29, 1.82) is 0 Å². The van der Waals surface area contributed by atoms with Gasteiger partial charge in [0, 0.05) is 18.5 Å². The molecule has 10 heteroatoms. The summed E-state index contributed by atoms with van der Waals surface area (Å²) in [5, 5.41) is 36.4. The molecular formula is C23H23N3O5S2. The Kier molecular flexibility index (Phi) is 5.94. The van der Waals surface area contributed by atoms with E-state index in [0.717, 1.165) is 21.2 Å². The van der Waals surface area contributed by atoms with Crippen molar-refractivity contribution in [1.82, 2.24) is 15.2 Å². The molecule has 0 unspecified atom stereocenters. The van der Waals surface area contributed by atoms with Gasteiger partial charge >= 0.3 is 0 Å². The second-order valence-corrected chi connectivity index (χ2v) is 10.5. The molecule has 5 N–H and O–H groups in total. The quantitative estimate of drug-likeness (QED) is 0.284. The fraction of sp³-hybridized carbons (Fsp3) is 0.304. The number of hydrogen-bond donors (Lipinski definition) is 5. The van der Waals surface area contributed by atoms with Crippen LogP contribution in [0.1, 0.15) is 16.1 Å². The maximum Gasteiger partial charge on any atom is 0.268 e. The number of aliphatic hydroxyl groups excluding tert-OH is 3. The Balaban J connectivity index is 1.38. The molecule has 8 nitrogen and oxygen atoms in total. The number of nitrogens with zero attached hydrogens (tertiary/aromatic N) is 1. The van der Waals surface area contributed by atoms with Crippen molar-refractivity contribution >= 4 is 54.1 Å². The molecule has 4 heterocycles. The van der Waals surface area contributed by atoms with Crippen molar-refractivity contribution in [3.05, 3.63) is 59.1 Å². The number of H-pyrrole nitrogens is 1. The number of amides is 2. The molecule has 2 amide bonds. The van der Waals surface area contributed by atoms with E-state index in [1.807, 2.05) is 41.8 Å². The molecule has 0 spiro atoms. The fourth-order valence-electron chi connectivity index (χ4n) is 4.16. The number of aromatic nitrogens is 1. The fourth-order valence-corrected chi connectivity index (χ4v) is 6.34. The Morgan fingerprint density at radius 1 is 1.15 bits per heavy atom. The summed E-state index contributed by atoms with van der Waals surface area (Å²) in [5.41, 5.74) is 2.11. The van der Waals surface area contributed by atoms with Crippen LogP contribution in [-0.2, 0) is 11.2 Å². The van der Waals surface area contributed by atoms with Crippen LogP contribution in [0.25, 0.3) is 19.6 Å². The van der Waals surface area contributed by atoms with Crippen LogP contribution >= 0.6 is 22.7 Å². The molecule has 3 aromatic heterocycles. The lowest BCUT2D eigenvalue weighted by atomic mass is 10.00. The number of aromatic amines is 1. The lowest BCUT2D eigenvalue weighted by Crippen LogP contribution is -2.52. The van der Waals surface area contributed by atoms with Crippen LogP contribution in [0.5, 0.6) is 0 Å². The number of carbonyl (C=O) groups excluding carboxylic acids is 2. The maximum absolute atomic E-state index is 13.1. The van der Waals surface area contributed by atoms with Crippen LogP contribution in [-0.4, -0.2) is 74.5 Å². The second kappa shape index (κ2) is 8.88. The van der Waals surface area contributed by atoms with E-state index < -0.39 is 36.2 Å². The monoisotopic (exact) mass is 485 g/mol. The summed E-state index contributed by atoms with van der Waals surface area (Å²) in [6.07, 6.45) is -3.40. The third kappa shape index (κ3) is 4.28. The van der Waals surface area contributed by atoms with E-state index in [0.29, 0.717) is 5.69 Å². The summed E-state index contributed by atoms with van der Waals surface area (Å²) in [6.45, 7) is -0.126. The SMILES string of the molecule is O=C(N[C@@H](Cc1ccccc1)[C@@H](O)C(=O)N1C[C@@H](O)[C@@H](O)C1)c1cc2sc3sccc3c2[nH]1. The minimum absolute atomic E-state index is 0.0629. The minimum Gasteiger partial charge on any atom is -0.388 e. The largest absolute Gasteiger partial charge is 0.388 e. The maximum atomic E-state index is 13.1. The van der Waals surface area contributed by atoms with Gasteiger partial charge in [0.25, 0.3) is 11.8 Å². The number of thiophene rings is 2. The van der Waals surface area contributed by atoms with Crippen molar-refractivity contribution in [2.45, 2.75) is 30.8 Å². The third-order valence-electron chi connectivity index (χ3n) is 5.95. The first-order valence-corrected chi connectivity index (χ1v) is 12.3. The summed E-state index contributed by atoms with van der Waals surface area (Å²) in [6, 6.07) is 12.2. The van der Waals surface area contributed by atoms with E-state index in [9.17, 15) is 24.9 Å². The van der Waals surface area contributed by atoms with E-state index in [2.05, 4.69) is 10.3 Å². The number of carbonyl (C=O) groups is 2. The molecular weight excluding hydrogens is 462 g/mol. The molecule has 4 aromatic rings. The number of hydrogen-bond acceptors (Lipinski definition) is 7. The van der Waals surface area contributed by atoms with E-state index in [-0.39, 0.29) is 19.5 Å². The Labute approximate surface area is 197 Å². The summed E-state index contributed by atoms with van der Waals surface area (Å²) in [4.78, 5) is 30.4. The number of likely N-dealkylation sites (tertiary alicyclic amines) is 1. The summed E-state index contributed by atoms with van der Waals surface area (Å²) in [7, 11) is 0. The molecule has 33 heavy (non-hydrogen) atoms. The van der Waals surface area contributed by atoms with Gasteiger partial charge in [0.2, 0.25) is 0 Å². The highest BCUT2D eigenvalue weighted by atomic mass is 32.2. The molecule has 1 saturated heterocycles. The number of aliphatic hydroxyl groups is 3.